The molecule has 0 amide bonds. The summed E-state index contributed by atoms with van der Waals surface area (Å²) < 4.78 is 3.38. The van der Waals surface area contributed by atoms with Crippen molar-refractivity contribution in [2.24, 2.45) is 0 Å². The number of thioether (sulfide) groups is 2. The molecule has 21 heavy (non-hydrogen) atoms. The summed E-state index contributed by atoms with van der Waals surface area (Å²) in [6, 6.07) is 9.45. The van der Waals surface area contributed by atoms with Gasteiger partial charge in [0.05, 0.1) is 0 Å². The van der Waals surface area contributed by atoms with Crippen molar-refractivity contribution in [2.45, 2.75) is 36.9 Å². The van der Waals surface area contributed by atoms with Gasteiger partial charge in [0.1, 0.15) is 0 Å². The van der Waals surface area contributed by atoms with Gasteiger partial charge in [0, 0.05) is 0 Å². The predicted molar refractivity (Wildman–Crippen MR) is 97.4 cm³/mol. The van der Waals surface area contributed by atoms with E-state index in [2.05, 4.69) is 61.6 Å². The molecule has 2 aliphatic rings. The summed E-state index contributed by atoms with van der Waals surface area (Å²) in [5.74, 6) is 4.73. The van der Waals surface area contributed by atoms with Gasteiger partial charge in [-0.2, -0.15) is 0 Å². The molecule has 0 saturated carbocycles. The monoisotopic (exact) mass is 378 g/mol. The summed E-state index contributed by atoms with van der Waals surface area (Å²) in [7, 11) is 0. The average molecular weight is 377 g/mol. The van der Waals surface area contributed by atoms with Crippen LogP contribution in [0.2, 0.25) is 0 Å². The molecule has 0 atom stereocenters. The molecule has 0 saturated heterocycles. The van der Waals surface area contributed by atoms with Crippen LogP contribution >= 0.6 is 23.5 Å². The van der Waals surface area contributed by atoms with Crippen LogP contribution in [-0.4, -0.2) is 15.0 Å². The Labute approximate surface area is 141 Å². The van der Waals surface area contributed by atoms with Crippen molar-refractivity contribution < 1.29 is 0 Å². The average Bonchev–Trinajstić information content (AvgIpc) is 2.42. The molecule has 0 unspecified atom stereocenters. The number of aryl methyl sites for hydroxylation is 2. The van der Waals surface area contributed by atoms with Crippen LogP contribution in [-0.2, 0) is 23.0 Å². The third-order valence-corrected chi connectivity index (χ3v) is 9.37. The van der Waals surface area contributed by atoms with Crippen LogP contribution in [0.15, 0.2) is 24.3 Å². The molecular formula is C18H18S2Se. The van der Waals surface area contributed by atoms with E-state index in [0.717, 1.165) is 0 Å². The molecule has 3 heteroatoms. The predicted octanol–water partition coefficient (Wildman–Crippen LogP) is 3.45. The molecule has 108 valence electrons. The zero-order valence-corrected chi connectivity index (χ0v) is 15.7. The van der Waals surface area contributed by atoms with Crippen molar-refractivity contribution in [1.82, 2.24) is 0 Å². The Kier molecular flexibility index (Phi) is 3.87. The van der Waals surface area contributed by atoms with Crippen LogP contribution in [0.1, 0.15) is 33.4 Å². The molecule has 0 nitrogen and oxygen atoms in total. The first-order valence-corrected chi connectivity index (χ1v) is 11.3. The molecule has 0 aliphatic carbocycles. The van der Waals surface area contributed by atoms with Gasteiger partial charge >= 0.3 is 142 Å². The van der Waals surface area contributed by atoms with Gasteiger partial charge in [0.25, 0.3) is 0 Å². The minimum atomic E-state index is 0.481. The fourth-order valence-corrected chi connectivity index (χ4v) is 9.18. The van der Waals surface area contributed by atoms with E-state index in [4.69, 9.17) is 0 Å². The zero-order valence-electron chi connectivity index (χ0n) is 12.4. The number of rotatable bonds is 0. The summed E-state index contributed by atoms with van der Waals surface area (Å²) in [5, 5.41) is 0. The van der Waals surface area contributed by atoms with Gasteiger partial charge in [-0.1, -0.05) is 0 Å². The van der Waals surface area contributed by atoms with E-state index >= 15 is 0 Å². The third kappa shape index (κ3) is 2.49. The summed E-state index contributed by atoms with van der Waals surface area (Å²) >= 11 is 4.66. The van der Waals surface area contributed by atoms with Gasteiger partial charge in [-0.15, -0.1) is 0 Å². The molecule has 0 N–H and O–H groups in total. The van der Waals surface area contributed by atoms with Crippen molar-refractivity contribution >= 4 is 47.4 Å². The second kappa shape index (κ2) is 5.70. The van der Waals surface area contributed by atoms with Gasteiger partial charge in [0.15, 0.2) is 0 Å². The van der Waals surface area contributed by atoms with Crippen molar-refractivity contribution in [2.75, 3.05) is 0 Å². The van der Waals surface area contributed by atoms with Crippen molar-refractivity contribution in [3.63, 3.8) is 0 Å². The normalized spacial score (nSPS) is 16.7. The van der Waals surface area contributed by atoms with Crippen LogP contribution in [0.25, 0.3) is 0 Å². The second-order valence-electron chi connectivity index (χ2n) is 5.79. The van der Waals surface area contributed by atoms with E-state index in [0.29, 0.717) is 15.0 Å². The van der Waals surface area contributed by atoms with E-state index < -0.39 is 0 Å². The van der Waals surface area contributed by atoms with E-state index in [1.54, 1.807) is 31.2 Å². The Morgan fingerprint density at radius 3 is 1.67 bits per heavy atom. The third-order valence-electron chi connectivity index (χ3n) is 4.36. The van der Waals surface area contributed by atoms with Crippen molar-refractivity contribution in [1.29, 1.82) is 0 Å². The first-order chi connectivity index (χ1) is 10.2. The quantitative estimate of drug-likeness (QED) is 0.645. The molecule has 0 fully saturated rings. The number of hydrogen-bond donors (Lipinski definition) is 0. The van der Waals surface area contributed by atoms with Crippen molar-refractivity contribution in [3.8, 4) is 0 Å². The van der Waals surface area contributed by atoms with E-state index in [1.807, 2.05) is 0 Å². The molecule has 0 spiro atoms. The number of benzene rings is 2. The Balaban J connectivity index is 1.99. The first-order valence-electron chi connectivity index (χ1n) is 7.30. The van der Waals surface area contributed by atoms with Gasteiger partial charge in [-0.3, -0.25) is 0 Å². The summed E-state index contributed by atoms with van der Waals surface area (Å²) in [4.78, 5) is 0. The molecule has 2 bridgehead atoms. The minimum absolute atomic E-state index is 0.481. The van der Waals surface area contributed by atoms with E-state index in [1.165, 1.54) is 34.1 Å². The molecule has 2 aliphatic heterocycles. The SMILES string of the molecule is Cc1ccc2c3c1CSCc1ccc(C)c(c1[Se]3)CSC2. The molecule has 2 heterocycles. The Morgan fingerprint density at radius 2 is 1.19 bits per heavy atom. The summed E-state index contributed by atoms with van der Waals surface area (Å²) in [6.07, 6.45) is 0. The second-order valence-corrected chi connectivity index (χ2v) is 9.90. The summed E-state index contributed by atoms with van der Waals surface area (Å²) in [5.41, 5.74) is 9.45. The Morgan fingerprint density at radius 1 is 0.714 bits per heavy atom. The summed E-state index contributed by atoms with van der Waals surface area (Å²) in [6.45, 7) is 4.58. The van der Waals surface area contributed by atoms with Crippen LogP contribution in [0.3, 0.4) is 0 Å². The topological polar surface area (TPSA) is 0 Å². The van der Waals surface area contributed by atoms with E-state index in [-0.39, 0.29) is 0 Å². The standard InChI is InChI=1S/C18H18S2Se/c1-11-3-5-13-7-20-10-16-12(2)4-6-14-8-19-9-15(11)17(13)21-18(14)16/h3-6H,7-10H2,1-2H3. The van der Waals surface area contributed by atoms with Crippen LogP contribution < -0.4 is 8.92 Å². The molecular weight excluding hydrogens is 359 g/mol. The zero-order chi connectivity index (χ0) is 14.4. The van der Waals surface area contributed by atoms with Crippen molar-refractivity contribution in [3.05, 3.63) is 57.6 Å². The fraction of sp³-hybridized carbons (Fsp3) is 0.333. The fourth-order valence-electron chi connectivity index (χ4n) is 3.02. The maximum absolute atomic E-state index is 2.38. The van der Waals surface area contributed by atoms with Gasteiger partial charge in [0.2, 0.25) is 0 Å². The van der Waals surface area contributed by atoms with E-state index in [9.17, 15) is 0 Å². The molecule has 2 aromatic rings. The Bertz CT molecular complexity index is 660. The van der Waals surface area contributed by atoms with Crippen LogP contribution in [0.5, 0.6) is 0 Å². The van der Waals surface area contributed by atoms with Gasteiger partial charge < -0.3 is 0 Å². The molecule has 2 aromatic carbocycles. The number of hydrogen-bond acceptors (Lipinski definition) is 2. The van der Waals surface area contributed by atoms with Gasteiger partial charge in [-0.05, 0) is 0 Å². The maximum atomic E-state index is 2.38. The molecule has 0 aromatic heterocycles. The van der Waals surface area contributed by atoms with Crippen LogP contribution in [0.4, 0.5) is 0 Å². The van der Waals surface area contributed by atoms with Gasteiger partial charge in [-0.25, -0.2) is 0 Å². The first kappa shape index (κ1) is 14.3. The Hall–Kier alpha value is -0.341. The molecule has 0 radical (unpaired) electrons. The molecule has 4 rings (SSSR count). The van der Waals surface area contributed by atoms with Crippen LogP contribution in [0, 0.1) is 13.8 Å².